The van der Waals surface area contributed by atoms with E-state index in [2.05, 4.69) is 6.92 Å². The predicted molar refractivity (Wildman–Crippen MR) is 65.4 cm³/mol. The van der Waals surface area contributed by atoms with Crippen LogP contribution < -0.4 is 0 Å². The van der Waals surface area contributed by atoms with E-state index in [1.165, 1.54) is 39.0 Å². The standard InChI is InChI=1S/C13H26O3/c1-4-5-6-7-8-9-10-13(15-3)11-16-12(2)14/h13H,4-11H2,1-3H3. The van der Waals surface area contributed by atoms with Crippen LogP contribution in [-0.2, 0) is 14.3 Å². The van der Waals surface area contributed by atoms with Crippen molar-refractivity contribution in [3.8, 4) is 0 Å². The number of carbonyl (C=O) groups excluding carboxylic acids is 1. The van der Waals surface area contributed by atoms with Crippen molar-refractivity contribution in [1.29, 1.82) is 0 Å². The molecule has 16 heavy (non-hydrogen) atoms. The molecule has 0 amide bonds. The van der Waals surface area contributed by atoms with Crippen molar-refractivity contribution in [2.45, 2.75) is 64.9 Å². The highest BCUT2D eigenvalue weighted by Gasteiger charge is 2.08. The molecule has 0 aromatic heterocycles. The fraction of sp³-hybridized carbons (Fsp3) is 0.923. The van der Waals surface area contributed by atoms with Crippen LogP contribution in [0.5, 0.6) is 0 Å². The molecule has 96 valence electrons. The molecule has 1 atom stereocenters. The van der Waals surface area contributed by atoms with Crippen LogP contribution in [-0.4, -0.2) is 25.8 Å². The number of rotatable bonds is 10. The predicted octanol–water partition coefficient (Wildman–Crippen LogP) is 3.32. The van der Waals surface area contributed by atoms with Crippen LogP contribution in [0.1, 0.15) is 58.8 Å². The van der Waals surface area contributed by atoms with Gasteiger partial charge in [-0.1, -0.05) is 45.4 Å². The van der Waals surface area contributed by atoms with Gasteiger partial charge >= 0.3 is 5.97 Å². The maximum Gasteiger partial charge on any atom is 0.302 e. The third-order valence-corrected chi connectivity index (χ3v) is 2.69. The van der Waals surface area contributed by atoms with Crippen molar-refractivity contribution in [3.05, 3.63) is 0 Å². The monoisotopic (exact) mass is 230 g/mol. The van der Waals surface area contributed by atoms with Crippen LogP contribution in [0.3, 0.4) is 0 Å². The van der Waals surface area contributed by atoms with Gasteiger partial charge < -0.3 is 9.47 Å². The van der Waals surface area contributed by atoms with Crippen molar-refractivity contribution in [1.82, 2.24) is 0 Å². The second-order valence-corrected chi connectivity index (χ2v) is 4.22. The fourth-order valence-corrected chi connectivity index (χ4v) is 1.63. The van der Waals surface area contributed by atoms with Crippen LogP contribution >= 0.6 is 0 Å². The number of hydrogen-bond donors (Lipinski definition) is 0. The van der Waals surface area contributed by atoms with E-state index in [1.54, 1.807) is 7.11 Å². The first-order valence-corrected chi connectivity index (χ1v) is 6.36. The number of ether oxygens (including phenoxy) is 2. The van der Waals surface area contributed by atoms with Gasteiger partial charge in [-0.05, 0) is 6.42 Å². The van der Waals surface area contributed by atoms with Gasteiger partial charge in [0, 0.05) is 14.0 Å². The van der Waals surface area contributed by atoms with Crippen LogP contribution in [0, 0.1) is 0 Å². The molecule has 0 radical (unpaired) electrons. The minimum absolute atomic E-state index is 0.0649. The van der Waals surface area contributed by atoms with Crippen LogP contribution in [0.4, 0.5) is 0 Å². The molecule has 0 aromatic carbocycles. The Bertz CT molecular complexity index is 169. The lowest BCUT2D eigenvalue weighted by Gasteiger charge is -2.14. The lowest BCUT2D eigenvalue weighted by atomic mass is 10.1. The van der Waals surface area contributed by atoms with Crippen molar-refractivity contribution < 1.29 is 14.3 Å². The summed E-state index contributed by atoms with van der Waals surface area (Å²) in [4.78, 5) is 10.6. The number of unbranched alkanes of at least 4 members (excludes halogenated alkanes) is 5. The third kappa shape index (κ3) is 9.97. The summed E-state index contributed by atoms with van der Waals surface area (Å²) in [7, 11) is 1.67. The molecule has 0 aromatic rings. The Morgan fingerprint density at radius 3 is 2.31 bits per heavy atom. The van der Waals surface area contributed by atoms with E-state index in [9.17, 15) is 4.79 Å². The Morgan fingerprint density at radius 2 is 1.75 bits per heavy atom. The summed E-state index contributed by atoms with van der Waals surface area (Å²) in [6, 6.07) is 0. The Morgan fingerprint density at radius 1 is 1.12 bits per heavy atom. The van der Waals surface area contributed by atoms with Crippen LogP contribution in [0.25, 0.3) is 0 Å². The van der Waals surface area contributed by atoms with Gasteiger partial charge in [0.1, 0.15) is 6.61 Å². The molecule has 0 aliphatic carbocycles. The minimum atomic E-state index is -0.231. The second kappa shape index (κ2) is 10.9. The summed E-state index contributed by atoms with van der Waals surface area (Å²) in [6.07, 6.45) is 8.71. The summed E-state index contributed by atoms with van der Waals surface area (Å²) >= 11 is 0. The Hall–Kier alpha value is -0.570. The highest BCUT2D eigenvalue weighted by Crippen LogP contribution is 2.10. The molecule has 0 saturated carbocycles. The molecule has 0 fully saturated rings. The maximum absolute atomic E-state index is 10.6. The van der Waals surface area contributed by atoms with E-state index in [0.717, 1.165) is 12.8 Å². The van der Waals surface area contributed by atoms with Gasteiger partial charge in [-0.3, -0.25) is 4.79 Å². The molecule has 0 N–H and O–H groups in total. The molecule has 0 aliphatic rings. The smallest absolute Gasteiger partial charge is 0.302 e. The quantitative estimate of drug-likeness (QED) is 0.426. The van der Waals surface area contributed by atoms with E-state index in [0.29, 0.717) is 6.61 Å². The minimum Gasteiger partial charge on any atom is -0.463 e. The molecule has 3 nitrogen and oxygen atoms in total. The molecule has 0 spiro atoms. The van der Waals surface area contributed by atoms with Gasteiger partial charge in [0.2, 0.25) is 0 Å². The van der Waals surface area contributed by atoms with Gasteiger partial charge in [-0.2, -0.15) is 0 Å². The normalized spacial score (nSPS) is 12.4. The van der Waals surface area contributed by atoms with E-state index in [4.69, 9.17) is 9.47 Å². The van der Waals surface area contributed by atoms with E-state index in [-0.39, 0.29) is 12.1 Å². The van der Waals surface area contributed by atoms with E-state index < -0.39 is 0 Å². The van der Waals surface area contributed by atoms with Crippen molar-refractivity contribution in [2.24, 2.45) is 0 Å². The first kappa shape index (κ1) is 15.4. The Balaban J connectivity index is 3.37. The number of hydrogen-bond acceptors (Lipinski definition) is 3. The van der Waals surface area contributed by atoms with Gasteiger partial charge in [-0.25, -0.2) is 0 Å². The van der Waals surface area contributed by atoms with Gasteiger partial charge in [0.15, 0.2) is 0 Å². The van der Waals surface area contributed by atoms with Crippen LogP contribution in [0.2, 0.25) is 0 Å². The first-order valence-electron chi connectivity index (χ1n) is 6.36. The lowest BCUT2D eigenvalue weighted by Crippen LogP contribution is -2.19. The summed E-state index contributed by atoms with van der Waals surface area (Å²) < 4.78 is 10.2. The summed E-state index contributed by atoms with van der Waals surface area (Å²) in [5.74, 6) is -0.231. The zero-order chi connectivity index (χ0) is 12.2. The molecule has 3 heteroatoms. The molecule has 0 heterocycles. The van der Waals surface area contributed by atoms with Crippen molar-refractivity contribution in [3.63, 3.8) is 0 Å². The zero-order valence-electron chi connectivity index (χ0n) is 11.0. The molecular weight excluding hydrogens is 204 g/mol. The van der Waals surface area contributed by atoms with Crippen molar-refractivity contribution in [2.75, 3.05) is 13.7 Å². The molecule has 0 bridgehead atoms. The Labute approximate surface area is 99.5 Å². The largest absolute Gasteiger partial charge is 0.463 e. The maximum atomic E-state index is 10.6. The molecule has 1 unspecified atom stereocenters. The highest BCUT2D eigenvalue weighted by molar-refractivity contribution is 5.65. The van der Waals surface area contributed by atoms with Gasteiger partial charge in [0.25, 0.3) is 0 Å². The number of esters is 1. The number of methoxy groups -OCH3 is 1. The number of carbonyl (C=O) groups is 1. The average Bonchev–Trinajstić information content (AvgIpc) is 2.27. The van der Waals surface area contributed by atoms with Crippen LogP contribution in [0.15, 0.2) is 0 Å². The third-order valence-electron chi connectivity index (χ3n) is 2.69. The average molecular weight is 230 g/mol. The van der Waals surface area contributed by atoms with Gasteiger partial charge in [0.05, 0.1) is 6.10 Å². The zero-order valence-corrected chi connectivity index (χ0v) is 11.0. The highest BCUT2D eigenvalue weighted by atomic mass is 16.6. The van der Waals surface area contributed by atoms with Crippen molar-refractivity contribution >= 4 is 5.97 Å². The SMILES string of the molecule is CCCCCCCCC(COC(C)=O)OC. The summed E-state index contributed by atoms with van der Waals surface area (Å²) in [5.41, 5.74) is 0. The van der Waals surface area contributed by atoms with Gasteiger partial charge in [-0.15, -0.1) is 0 Å². The molecular formula is C13H26O3. The second-order valence-electron chi connectivity index (χ2n) is 4.22. The summed E-state index contributed by atoms with van der Waals surface area (Å²) in [6.45, 7) is 4.04. The lowest BCUT2D eigenvalue weighted by molar-refractivity contribution is -0.144. The molecule has 0 rings (SSSR count). The Kier molecular flexibility index (Phi) is 10.5. The van der Waals surface area contributed by atoms with E-state index in [1.807, 2.05) is 0 Å². The van der Waals surface area contributed by atoms with E-state index >= 15 is 0 Å². The fourth-order valence-electron chi connectivity index (χ4n) is 1.63. The summed E-state index contributed by atoms with van der Waals surface area (Å²) in [5, 5.41) is 0. The first-order chi connectivity index (χ1) is 7.70. The molecule has 0 aliphatic heterocycles. The topological polar surface area (TPSA) is 35.5 Å². The molecule has 0 saturated heterocycles.